The van der Waals surface area contributed by atoms with E-state index in [2.05, 4.69) is 47.5 Å². The number of carbonyl (C=O) groups excluding carboxylic acids is 1. The molecule has 2 aliphatic rings. The third-order valence-corrected chi connectivity index (χ3v) is 6.44. The summed E-state index contributed by atoms with van der Waals surface area (Å²) in [7, 11) is 0. The molecule has 0 bridgehead atoms. The van der Waals surface area contributed by atoms with E-state index < -0.39 is 0 Å². The molecule has 152 valence electrons. The Labute approximate surface area is 177 Å². The summed E-state index contributed by atoms with van der Waals surface area (Å²) in [6.45, 7) is 4.25. The van der Waals surface area contributed by atoms with Crippen LogP contribution < -0.4 is 11.1 Å². The maximum absolute atomic E-state index is 11.0. The fraction of sp³-hybridized carbons (Fsp3) is 0.667. The Balaban J connectivity index is 1.48. The first-order chi connectivity index (χ1) is 13.6. The number of amides is 1. The van der Waals surface area contributed by atoms with Crippen LogP contribution in [0.4, 0.5) is 5.82 Å². The molecule has 4 rings (SSSR count). The summed E-state index contributed by atoms with van der Waals surface area (Å²) in [6.07, 6.45) is 6.38. The number of nitrogens with two attached hydrogens (primary N) is 1. The van der Waals surface area contributed by atoms with Crippen LogP contribution in [0.15, 0.2) is 6.33 Å². The maximum Gasteiger partial charge on any atom is 0.219 e. The van der Waals surface area contributed by atoms with Gasteiger partial charge in [0, 0.05) is 32.1 Å². The Morgan fingerprint density at radius 1 is 1.21 bits per heavy atom. The van der Waals surface area contributed by atoms with Crippen molar-refractivity contribution in [2.45, 2.75) is 44.2 Å². The van der Waals surface area contributed by atoms with Crippen molar-refractivity contribution in [2.24, 2.45) is 5.73 Å². The van der Waals surface area contributed by atoms with Crippen LogP contribution in [0, 0.1) is 3.70 Å². The third kappa shape index (κ3) is 4.23. The molecule has 3 N–H and O–H groups in total. The minimum atomic E-state index is -0.333. The minimum Gasteiger partial charge on any atom is -0.379 e. The second kappa shape index (κ2) is 8.87. The summed E-state index contributed by atoms with van der Waals surface area (Å²) < 4.78 is 8.44. The standard InChI is InChI=1S/C18H26IN7O2/c19-16-15-17(21-6-5-14(20)27)22-11-23-18(15)26(24-16)13-3-1-12(2-4-13)25-7-9-28-10-8-25/h11-13H,1-10H2,(H2,20,27)(H,21,22,23)/t12-,13-. The van der Waals surface area contributed by atoms with Gasteiger partial charge in [0.05, 0.1) is 24.6 Å². The van der Waals surface area contributed by atoms with Crippen molar-refractivity contribution in [3.8, 4) is 0 Å². The highest BCUT2D eigenvalue weighted by Gasteiger charge is 2.29. The number of hydrogen-bond donors (Lipinski definition) is 2. The Hall–Kier alpha value is -1.53. The van der Waals surface area contributed by atoms with Crippen molar-refractivity contribution < 1.29 is 9.53 Å². The van der Waals surface area contributed by atoms with E-state index in [4.69, 9.17) is 15.6 Å². The molecule has 0 radical (unpaired) electrons. The Morgan fingerprint density at radius 3 is 2.64 bits per heavy atom. The molecule has 0 spiro atoms. The van der Waals surface area contributed by atoms with Crippen LogP contribution in [0.1, 0.15) is 38.1 Å². The molecule has 2 fully saturated rings. The van der Waals surface area contributed by atoms with E-state index in [1.165, 1.54) is 12.8 Å². The summed E-state index contributed by atoms with van der Waals surface area (Å²) in [5.41, 5.74) is 6.08. The number of ether oxygens (including phenoxy) is 1. The van der Waals surface area contributed by atoms with E-state index in [-0.39, 0.29) is 12.3 Å². The summed E-state index contributed by atoms with van der Waals surface area (Å²) in [5, 5.41) is 8.91. The van der Waals surface area contributed by atoms with E-state index in [1.807, 2.05) is 0 Å². The van der Waals surface area contributed by atoms with Gasteiger partial charge in [-0.15, -0.1) is 0 Å². The highest BCUT2D eigenvalue weighted by molar-refractivity contribution is 14.1. The van der Waals surface area contributed by atoms with Gasteiger partial charge in [-0.1, -0.05) is 0 Å². The van der Waals surface area contributed by atoms with Crippen LogP contribution >= 0.6 is 22.6 Å². The molecule has 9 nitrogen and oxygen atoms in total. The number of primary amides is 1. The number of fused-ring (bicyclic) bond motifs is 1. The van der Waals surface area contributed by atoms with Crippen molar-refractivity contribution in [1.82, 2.24) is 24.6 Å². The molecule has 2 aromatic rings. The van der Waals surface area contributed by atoms with Gasteiger partial charge in [0.25, 0.3) is 0 Å². The van der Waals surface area contributed by atoms with E-state index in [1.54, 1.807) is 6.33 Å². The number of anilines is 1. The van der Waals surface area contributed by atoms with Gasteiger partial charge in [0.15, 0.2) is 5.65 Å². The van der Waals surface area contributed by atoms with Crippen molar-refractivity contribution in [1.29, 1.82) is 0 Å². The first-order valence-corrected chi connectivity index (χ1v) is 10.9. The lowest BCUT2D eigenvalue weighted by atomic mass is 9.90. The molecule has 28 heavy (non-hydrogen) atoms. The maximum atomic E-state index is 11.0. The fourth-order valence-electron chi connectivity index (χ4n) is 4.24. The number of rotatable bonds is 6. The molecular weight excluding hydrogens is 473 g/mol. The van der Waals surface area contributed by atoms with Gasteiger partial charge >= 0.3 is 0 Å². The first kappa shape index (κ1) is 19.8. The van der Waals surface area contributed by atoms with Crippen LogP contribution in [0.5, 0.6) is 0 Å². The smallest absolute Gasteiger partial charge is 0.219 e. The SMILES string of the molecule is NC(=O)CCNc1ncnc2c1c(I)nn2[C@H]1CC[C@H](N2CCOCC2)CC1. The summed E-state index contributed by atoms with van der Waals surface area (Å²) in [4.78, 5) is 22.4. The zero-order chi connectivity index (χ0) is 19.5. The Bertz CT molecular complexity index is 829. The van der Waals surface area contributed by atoms with Gasteiger partial charge < -0.3 is 15.8 Å². The normalized spacial score (nSPS) is 23.8. The zero-order valence-electron chi connectivity index (χ0n) is 15.8. The quantitative estimate of drug-likeness (QED) is 0.580. The van der Waals surface area contributed by atoms with Gasteiger partial charge in [-0.3, -0.25) is 9.69 Å². The molecule has 1 aliphatic carbocycles. The molecule has 2 aromatic heterocycles. The molecule has 0 unspecified atom stereocenters. The largest absolute Gasteiger partial charge is 0.379 e. The summed E-state index contributed by atoms with van der Waals surface area (Å²) in [5.74, 6) is 0.379. The van der Waals surface area contributed by atoms with Crippen molar-refractivity contribution >= 4 is 45.3 Å². The molecule has 0 atom stereocenters. The second-order valence-corrected chi connectivity index (χ2v) is 8.43. The van der Waals surface area contributed by atoms with E-state index >= 15 is 0 Å². The van der Waals surface area contributed by atoms with Gasteiger partial charge in [-0.25, -0.2) is 14.6 Å². The molecular formula is C18H26IN7O2. The van der Waals surface area contributed by atoms with E-state index in [0.29, 0.717) is 24.4 Å². The number of morpholine rings is 1. The van der Waals surface area contributed by atoms with Gasteiger partial charge in [0.2, 0.25) is 5.91 Å². The number of nitrogens with one attached hydrogen (secondary N) is 1. The molecule has 1 amide bonds. The number of carbonyl (C=O) groups is 1. The van der Waals surface area contributed by atoms with Gasteiger partial charge in [-0.05, 0) is 48.3 Å². The zero-order valence-corrected chi connectivity index (χ0v) is 18.0. The predicted octanol–water partition coefficient (Wildman–Crippen LogP) is 1.53. The van der Waals surface area contributed by atoms with Crippen LogP contribution in [0.3, 0.4) is 0 Å². The van der Waals surface area contributed by atoms with Crippen molar-refractivity contribution in [2.75, 3.05) is 38.2 Å². The van der Waals surface area contributed by atoms with Crippen molar-refractivity contribution in [3.63, 3.8) is 0 Å². The Kier molecular flexibility index (Phi) is 6.26. The average molecular weight is 499 g/mol. The lowest BCUT2D eigenvalue weighted by Crippen LogP contribution is -2.45. The molecule has 10 heteroatoms. The number of nitrogens with zero attached hydrogens (tertiary/aromatic N) is 5. The molecule has 1 saturated heterocycles. The predicted molar refractivity (Wildman–Crippen MR) is 114 cm³/mol. The van der Waals surface area contributed by atoms with Crippen LogP contribution in [0.25, 0.3) is 11.0 Å². The number of aromatic nitrogens is 4. The minimum absolute atomic E-state index is 0.266. The monoisotopic (exact) mass is 499 g/mol. The topological polar surface area (TPSA) is 111 Å². The number of hydrogen-bond acceptors (Lipinski definition) is 7. The third-order valence-electron chi connectivity index (χ3n) is 5.68. The van der Waals surface area contributed by atoms with Gasteiger partial charge in [-0.2, -0.15) is 5.10 Å². The highest BCUT2D eigenvalue weighted by Crippen LogP contribution is 2.35. The van der Waals surface area contributed by atoms with Crippen LogP contribution in [-0.4, -0.2) is 69.4 Å². The lowest BCUT2D eigenvalue weighted by Gasteiger charge is -2.38. The summed E-state index contributed by atoms with van der Waals surface area (Å²) >= 11 is 2.24. The number of halogens is 1. The average Bonchev–Trinajstić information content (AvgIpc) is 3.06. The fourth-order valence-corrected chi connectivity index (χ4v) is 4.96. The summed E-state index contributed by atoms with van der Waals surface area (Å²) in [6, 6.07) is 1.01. The highest BCUT2D eigenvalue weighted by atomic mass is 127. The molecule has 0 aromatic carbocycles. The van der Waals surface area contributed by atoms with E-state index in [9.17, 15) is 4.79 Å². The first-order valence-electron chi connectivity index (χ1n) is 9.86. The lowest BCUT2D eigenvalue weighted by molar-refractivity contribution is -0.117. The van der Waals surface area contributed by atoms with Crippen LogP contribution in [-0.2, 0) is 9.53 Å². The molecule has 3 heterocycles. The molecule has 1 saturated carbocycles. The van der Waals surface area contributed by atoms with Crippen LogP contribution in [0.2, 0.25) is 0 Å². The van der Waals surface area contributed by atoms with E-state index in [0.717, 1.165) is 53.9 Å². The molecule has 1 aliphatic heterocycles. The Morgan fingerprint density at radius 2 is 1.93 bits per heavy atom. The second-order valence-electron chi connectivity index (χ2n) is 7.41. The van der Waals surface area contributed by atoms with Crippen molar-refractivity contribution in [3.05, 3.63) is 10.0 Å². The van der Waals surface area contributed by atoms with Gasteiger partial charge in [0.1, 0.15) is 15.8 Å².